The number of ether oxygens (including phenoxy) is 1. The summed E-state index contributed by atoms with van der Waals surface area (Å²) in [6.45, 7) is 2.48. The average molecular weight is 232 g/mol. The number of hydrogen-bond donors (Lipinski definition) is 2. The zero-order valence-electron chi connectivity index (χ0n) is 9.30. The first-order valence-electron chi connectivity index (χ1n) is 5.20. The van der Waals surface area contributed by atoms with Crippen LogP contribution in [0.15, 0.2) is 35.3 Å². The monoisotopic (exact) mass is 232 g/mol. The van der Waals surface area contributed by atoms with Crippen molar-refractivity contribution in [1.29, 1.82) is 0 Å². The fraction of sp³-hybridized carbons (Fsp3) is 0.182. The minimum absolute atomic E-state index is 0.376. The van der Waals surface area contributed by atoms with Crippen LogP contribution in [-0.2, 0) is 0 Å². The van der Waals surface area contributed by atoms with Crippen molar-refractivity contribution >= 4 is 11.5 Å². The van der Waals surface area contributed by atoms with Gasteiger partial charge in [-0.3, -0.25) is 0 Å². The molecule has 0 radical (unpaired) electrons. The van der Waals surface area contributed by atoms with Crippen molar-refractivity contribution in [3.8, 4) is 5.75 Å². The second-order valence-corrected chi connectivity index (χ2v) is 3.23. The number of hydrogen-bond acceptors (Lipinski definition) is 5. The van der Waals surface area contributed by atoms with Crippen LogP contribution in [0.1, 0.15) is 6.92 Å². The summed E-state index contributed by atoms with van der Waals surface area (Å²) in [5.74, 6) is 1.08. The van der Waals surface area contributed by atoms with Crippen LogP contribution < -0.4 is 15.7 Å². The minimum Gasteiger partial charge on any atom is -0.492 e. The van der Waals surface area contributed by atoms with Crippen LogP contribution in [0.3, 0.4) is 0 Å². The number of rotatable bonds is 4. The highest BCUT2D eigenvalue weighted by atomic mass is 16.5. The number of nitrogens with one attached hydrogen (secondary N) is 2. The van der Waals surface area contributed by atoms with E-state index in [4.69, 9.17) is 4.74 Å². The lowest BCUT2D eigenvalue weighted by Crippen LogP contribution is -2.13. The van der Waals surface area contributed by atoms with Gasteiger partial charge in [-0.25, -0.2) is 9.89 Å². The minimum atomic E-state index is -0.496. The first kappa shape index (κ1) is 11.1. The average Bonchev–Trinajstić information content (AvgIpc) is 2.32. The number of aromatic nitrogens is 3. The molecular weight excluding hydrogens is 220 g/mol. The molecule has 0 aliphatic heterocycles. The molecule has 0 atom stereocenters. The Morgan fingerprint density at radius 1 is 1.41 bits per heavy atom. The SMILES string of the molecule is CCOc1ccccc1Nc1cn[nH]c(=O)n1. The molecule has 0 bridgehead atoms. The normalized spacial score (nSPS) is 9.94. The van der Waals surface area contributed by atoms with Crippen molar-refractivity contribution in [2.24, 2.45) is 0 Å². The summed E-state index contributed by atoms with van der Waals surface area (Å²) in [7, 11) is 0. The number of benzene rings is 1. The second-order valence-electron chi connectivity index (χ2n) is 3.23. The predicted molar refractivity (Wildman–Crippen MR) is 63.5 cm³/mol. The van der Waals surface area contributed by atoms with Gasteiger partial charge in [-0.15, -0.1) is 0 Å². The molecule has 0 unspecified atom stereocenters. The molecule has 1 aromatic heterocycles. The Morgan fingerprint density at radius 3 is 3.00 bits per heavy atom. The quantitative estimate of drug-likeness (QED) is 0.830. The number of aromatic amines is 1. The van der Waals surface area contributed by atoms with Crippen molar-refractivity contribution in [1.82, 2.24) is 15.2 Å². The van der Waals surface area contributed by atoms with Crippen LogP contribution in [0.4, 0.5) is 11.5 Å². The number of nitrogens with zero attached hydrogens (tertiary/aromatic N) is 2. The Kier molecular flexibility index (Phi) is 3.34. The fourth-order valence-corrected chi connectivity index (χ4v) is 1.36. The molecule has 0 saturated carbocycles. The van der Waals surface area contributed by atoms with E-state index >= 15 is 0 Å². The van der Waals surface area contributed by atoms with E-state index in [2.05, 4.69) is 20.5 Å². The molecule has 1 aromatic carbocycles. The maximum Gasteiger partial charge on any atom is 0.363 e. The summed E-state index contributed by atoms with van der Waals surface area (Å²) < 4.78 is 5.44. The van der Waals surface area contributed by atoms with E-state index in [0.29, 0.717) is 18.2 Å². The zero-order chi connectivity index (χ0) is 12.1. The Labute approximate surface area is 97.7 Å². The molecule has 0 aliphatic carbocycles. The van der Waals surface area contributed by atoms with Crippen molar-refractivity contribution in [2.75, 3.05) is 11.9 Å². The van der Waals surface area contributed by atoms with Gasteiger partial charge < -0.3 is 10.1 Å². The Balaban J connectivity index is 2.26. The summed E-state index contributed by atoms with van der Waals surface area (Å²) in [5.41, 5.74) is 0.248. The molecule has 17 heavy (non-hydrogen) atoms. The molecule has 0 spiro atoms. The largest absolute Gasteiger partial charge is 0.492 e. The maximum atomic E-state index is 11.0. The maximum absolute atomic E-state index is 11.0. The van der Waals surface area contributed by atoms with Crippen molar-refractivity contribution in [3.05, 3.63) is 40.9 Å². The third-order valence-corrected chi connectivity index (χ3v) is 2.02. The molecule has 0 fully saturated rings. The molecule has 6 heteroatoms. The molecule has 88 valence electrons. The van der Waals surface area contributed by atoms with Gasteiger partial charge >= 0.3 is 5.69 Å². The number of H-pyrrole nitrogens is 1. The molecule has 2 N–H and O–H groups in total. The highest BCUT2D eigenvalue weighted by Crippen LogP contribution is 2.25. The van der Waals surface area contributed by atoms with E-state index in [1.165, 1.54) is 6.20 Å². The molecule has 2 aromatic rings. The molecular formula is C11H12N4O2. The van der Waals surface area contributed by atoms with Gasteiger partial charge in [0.15, 0.2) is 5.82 Å². The first-order chi connectivity index (χ1) is 8.29. The van der Waals surface area contributed by atoms with Gasteiger partial charge in [-0.1, -0.05) is 12.1 Å². The summed E-state index contributed by atoms with van der Waals surface area (Å²) in [6.07, 6.45) is 1.43. The smallest absolute Gasteiger partial charge is 0.363 e. The summed E-state index contributed by atoms with van der Waals surface area (Å²) in [6, 6.07) is 7.42. The summed E-state index contributed by atoms with van der Waals surface area (Å²) >= 11 is 0. The van der Waals surface area contributed by atoms with Crippen molar-refractivity contribution in [3.63, 3.8) is 0 Å². The van der Waals surface area contributed by atoms with E-state index in [-0.39, 0.29) is 0 Å². The molecule has 6 nitrogen and oxygen atoms in total. The van der Waals surface area contributed by atoms with Crippen LogP contribution in [0.2, 0.25) is 0 Å². The van der Waals surface area contributed by atoms with Crippen molar-refractivity contribution < 1.29 is 4.74 Å². The fourth-order valence-electron chi connectivity index (χ4n) is 1.36. The third kappa shape index (κ3) is 2.81. The standard InChI is InChI=1S/C11H12N4O2/c1-2-17-9-6-4-3-5-8(9)13-10-7-12-15-11(16)14-10/h3-7H,2H2,1H3,(H2,13,14,15,16). The van der Waals surface area contributed by atoms with E-state index in [1.54, 1.807) is 0 Å². The lowest BCUT2D eigenvalue weighted by atomic mass is 10.3. The van der Waals surface area contributed by atoms with Crippen LogP contribution in [-0.4, -0.2) is 21.8 Å². The van der Waals surface area contributed by atoms with Gasteiger partial charge in [0, 0.05) is 0 Å². The van der Waals surface area contributed by atoms with E-state index < -0.39 is 5.69 Å². The van der Waals surface area contributed by atoms with Gasteiger partial charge in [-0.05, 0) is 19.1 Å². The van der Waals surface area contributed by atoms with Gasteiger partial charge in [0.05, 0.1) is 18.5 Å². The Bertz CT molecular complexity index is 553. The Hall–Kier alpha value is -2.37. The summed E-state index contributed by atoms with van der Waals surface area (Å²) in [5, 5.41) is 8.84. The van der Waals surface area contributed by atoms with Gasteiger partial charge in [-0.2, -0.15) is 10.1 Å². The van der Waals surface area contributed by atoms with E-state index in [1.807, 2.05) is 31.2 Å². The predicted octanol–water partition coefficient (Wildman–Crippen LogP) is 1.31. The molecule has 2 rings (SSSR count). The summed E-state index contributed by atoms with van der Waals surface area (Å²) in [4.78, 5) is 14.7. The Morgan fingerprint density at radius 2 is 2.24 bits per heavy atom. The number of anilines is 2. The molecule has 0 amide bonds. The molecule has 1 heterocycles. The molecule has 0 aliphatic rings. The highest BCUT2D eigenvalue weighted by Gasteiger charge is 2.03. The van der Waals surface area contributed by atoms with Crippen LogP contribution in [0.5, 0.6) is 5.75 Å². The number of para-hydroxylation sites is 2. The van der Waals surface area contributed by atoms with Crippen LogP contribution in [0.25, 0.3) is 0 Å². The van der Waals surface area contributed by atoms with Gasteiger partial charge in [0.25, 0.3) is 0 Å². The molecule has 0 saturated heterocycles. The second kappa shape index (κ2) is 5.11. The van der Waals surface area contributed by atoms with Crippen LogP contribution in [0, 0.1) is 0 Å². The van der Waals surface area contributed by atoms with Gasteiger partial charge in [0.1, 0.15) is 5.75 Å². The first-order valence-corrected chi connectivity index (χ1v) is 5.20. The van der Waals surface area contributed by atoms with E-state index in [9.17, 15) is 4.79 Å². The zero-order valence-corrected chi connectivity index (χ0v) is 9.30. The van der Waals surface area contributed by atoms with Crippen molar-refractivity contribution in [2.45, 2.75) is 6.92 Å². The third-order valence-electron chi connectivity index (χ3n) is 2.02. The topological polar surface area (TPSA) is 79.9 Å². The highest BCUT2D eigenvalue weighted by molar-refractivity contribution is 5.63. The lowest BCUT2D eigenvalue weighted by Gasteiger charge is -2.10. The van der Waals surface area contributed by atoms with Gasteiger partial charge in [0.2, 0.25) is 0 Å². The van der Waals surface area contributed by atoms with E-state index in [0.717, 1.165) is 5.69 Å². The van der Waals surface area contributed by atoms with Crippen LogP contribution >= 0.6 is 0 Å². The lowest BCUT2D eigenvalue weighted by molar-refractivity contribution is 0.342.